The Hall–Kier alpha value is -0.540. The topological polar surface area (TPSA) is 15.3 Å². The molecule has 1 aliphatic carbocycles. The van der Waals surface area contributed by atoms with Gasteiger partial charge in [-0.25, -0.2) is 0 Å². The lowest BCUT2D eigenvalue weighted by molar-refractivity contribution is 0.376. The zero-order chi connectivity index (χ0) is 10.3. The number of nitrogens with one attached hydrogen (secondary N) is 1. The van der Waals surface area contributed by atoms with Gasteiger partial charge in [0.25, 0.3) is 0 Å². The van der Waals surface area contributed by atoms with Crippen molar-refractivity contribution in [2.24, 2.45) is 5.92 Å². The van der Waals surface area contributed by atoms with E-state index in [1.54, 1.807) is 11.3 Å². The SMILES string of the molecule is CC1CNC(C2CC2)CN1c1ccsc1. The van der Waals surface area contributed by atoms with Crippen LogP contribution in [0.3, 0.4) is 0 Å². The van der Waals surface area contributed by atoms with E-state index in [2.05, 4.69) is 34.0 Å². The number of anilines is 1. The molecule has 1 N–H and O–H groups in total. The van der Waals surface area contributed by atoms with Crippen LogP contribution in [0.2, 0.25) is 0 Å². The van der Waals surface area contributed by atoms with Gasteiger partial charge in [-0.1, -0.05) is 0 Å². The number of nitrogens with zero attached hydrogens (tertiary/aromatic N) is 1. The van der Waals surface area contributed by atoms with Gasteiger partial charge in [0.05, 0.1) is 0 Å². The maximum Gasteiger partial charge on any atom is 0.0478 e. The third-order valence-electron chi connectivity index (χ3n) is 3.63. The Morgan fingerprint density at radius 1 is 1.47 bits per heavy atom. The molecule has 0 amide bonds. The van der Waals surface area contributed by atoms with Crippen LogP contribution in [0.25, 0.3) is 0 Å². The molecule has 82 valence electrons. The predicted molar refractivity (Wildman–Crippen MR) is 65.6 cm³/mol. The molecule has 0 radical (unpaired) electrons. The summed E-state index contributed by atoms with van der Waals surface area (Å²) in [7, 11) is 0. The van der Waals surface area contributed by atoms with Gasteiger partial charge in [-0.2, -0.15) is 11.3 Å². The molecule has 1 saturated heterocycles. The van der Waals surface area contributed by atoms with E-state index in [9.17, 15) is 0 Å². The number of piperazine rings is 1. The van der Waals surface area contributed by atoms with Gasteiger partial charge in [0.15, 0.2) is 0 Å². The van der Waals surface area contributed by atoms with E-state index in [0.717, 1.165) is 18.5 Å². The Morgan fingerprint density at radius 2 is 2.33 bits per heavy atom. The quantitative estimate of drug-likeness (QED) is 0.826. The van der Waals surface area contributed by atoms with Crippen molar-refractivity contribution in [2.75, 3.05) is 18.0 Å². The highest BCUT2D eigenvalue weighted by molar-refractivity contribution is 7.08. The first-order chi connectivity index (χ1) is 7.34. The van der Waals surface area contributed by atoms with Gasteiger partial charge in [0.1, 0.15) is 0 Å². The van der Waals surface area contributed by atoms with E-state index in [1.165, 1.54) is 25.1 Å². The molecule has 0 aromatic carbocycles. The predicted octanol–water partition coefficient (Wildman–Crippen LogP) is 2.32. The van der Waals surface area contributed by atoms with Crippen molar-refractivity contribution < 1.29 is 0 Å². The number of rotatable bonds is 2. The molecule has 1 saturated carbocycles. The minimum atomic E-state index is 0.634. The van der Waals surface area contributed by atoms with Crippen LogP contribution in [0.1, 0.15) is 19.8 Å². The van der Waals surface area contributed by atoms with Crippen LogP contribution >= 0.6 is 11.3 Å². The highest BCUT2D eigenvalue weighted by Gasteiger charge is 2.36. The Bertz CT molecular complexity index is 318. The molecule has 2 unspecified atom stereocenters. The Labute approximate surface area is 95.3 Å². The summed E-state index contributed by atoms with van der Waals surface area (Å²) in [6, 6.07) is 3.62. The minimum Gasteiger partial charge on any atom is -0.365 e. The number of hydrogen-bond acceptors (Lipinski definition) is 3. The summed E-state index contributed by atoms with van der Waals surface area (Å²) in [6.45, 7) is 4.65. The Kier molecular flexibility index (Phi) is 2.45. The van der Waals surface area contributed by atoms with Gasteiger partial charge in [-0.3, -0.25) is 0 Å². The van der Waals surface area contributed by atoms with Gasteiger partial charge in [-0.15, -0.1) is 0 Å². The molecule has 1 aliphatic heterocycles. The summed E-state index contributed by atoms with van der Waals surface area (Å²) in [4.78, 5) is 2.57. The molecule has 2 aliphatic rings. The van der Waals surface area contributed by atoms with Crippen LogP contribution in [0.15, 0.2) is 16.8 Å². The van der Waals surface area contributed by atoms with E-state index >= 15 is 0 Å². The first kappa shape index (κ1) is 9.67. The van der Waals surface area contributed by atoms with E-state index in [4.69, 9.17) is 0 Å². The van der Waals surface area contributed by atoms with E-state index in [-0.39, 0.29) is 0 Å². The van der Waals surface area contributed by atoms with Crippen molar-refractivity contribution in [3.63, 3.8) is 0 Å². The molecule has 2 atom stereocenters. The van der Waals surface area contributed by atoms with Gasteiger partial charge >= 0.3 is 0 Å². The largest absolute Gasteiger partial charge is 0.365 e. The summed E-state index contributed by atoms with van der Waals surface area (Å²) in [5, 5.41) is 8.13. The standard InChI is InChI=1S/C12H18N2S/c1-9-6-13-12(10-2-3-10)7-14(9)11-4-5-15-8-11/h4-5,8-10,12-13H,2-3,6-7H2,1H3. The first-order valence-corrected chi connectivity index (χ1v) is 6.81. The molecule has 15 heavy (non-hydrogen) atoms. The van der Waals surface area contributed by atoms with Crippen LogP contribution in [0, 0.1) is 5.92 Å². The van der Waals surface area contributed by atoms with Crippen molar-refractivity contribution in [1.29, 1.82) is 0 Å². The third kappa shape index (κ3) is 1.91. The number of hydrogen-bond donors (Lipinski definition) is 1. The summed E-state index contributed by atoms with van der Waals surface area (Å²) < 4.78 is 0. The fourth-order valence-electron chi connectivity index (χ4n) is 2.48. The van der Waals surface area contributed by atoms with Crippen LogP contribution < -0.4 is 10.2 Å². The Balaban J connectivity index is 1.74. The lowest BCUT2D eigenvalue weighted by Gasteiger charge is -2.40. The second kappa shape index (κ2) is 3.80. The molecule has 0 spiro atoms. The van der Waals surface area contributed by atoms with Crippen molar-refractivity contribution >= 4 is 17.0 Å². The van der Waals surface area contributed by atoms with Crippen LogP contribution in [0.4, 0.5) is 5.69 Å². The van der Waals surface area contributed by atoms with Crippen LogP contribution in [0.5, 0.6) is 0 Å². The molecule has 1 aromatic heterocycles. The van der Waals surface area contributed by atoms with Crippen molar-refractivity contribution in [1.82, 2.24) is 5.32 Å². The van der Waals surface area contributed by atoms with E-state index < -0.39 is 0 Å². The minimum absolute atomic E-state index is 0.634. The van der Waals surface area contributed by atoms with Crippen LogP contribution in [-0.4, -0.2) is 25.2 Å². The normalized spacial score (nSPS) is 31.9. The number of thiophene rings is 1. The summed E-state index contributed by atoms with van der Waals surface area (Å²) in [5.74, 6) is 0.957. The van der Waals surface area contributed by atoms with Crippen molar-refractivity contribution in [2.45, 2.75) is 31.8 Å². The Morgan fingerprint density at radius 3 is 3.00 bits per heavy atom. The monoisotopic (exact) mass is 222 g/mol. The lowest BCUT2D eigenvalue weighted by Crippen LogP contribution is -2.56. The highest BCUT2D eigenvalue weighted by Crippen LogP contribution is 2.35. The summed E-state index contributed by atoms with van der Waals surface area (Å²) in [5.41, 5.74) is 1.42. The third-order valence-corrected chi connectivity index (χ3v) is 4.30. The summed E-state index contributed by atoms with van der Waals surface area (Å²) in [6.07, 6.45) is 2.87. The molecule has 3 heteroatoms. The smallest absolute Gasteiger partial charge is 0.0478 e. The molecule has 2 heterocycles. The van der Waals surface area contributed by atoms with Crippen LogP contribution in [-0.2, 0) is 0 Å². The second-order valence-corrected chi connectivity index (χ2v) is 5.62. The fourth-order valence-corrected chi connectivity index (χ4v) is 3.13. The van der Waals surface area contributed by atoms with E-state index in [1.807, 2.05) is 0 Å². The second-order valence-electron chi connectivity index (χ2n) is 4.84. The molecular formula is C12H18N2S. The van der Waals surface area contributed by atoms with Gasteiger partial charge in [0, 0.05) is 36.2 Å². The molecular weight excluding hydrogens is 204 g/mol. The molecule has 1 aromatic rings. The fraction of sp³-hybridized carbons (Fsp3) is 0.667. The van der Waals surface area contributed by atoms with E-state index in [0.29, 0.717) is 6.04 Å². The molecule has 3 rings (SSSR count). The van der Waals surface area contributed by atoms with Crippen molar-refractivity contribution in [3.05, 3.63) is 16.8 Å². The van der Waals surface area contributed by atoms with Gasteiger partial charge in [-0.05, 0) is 37.1 Å². The maximum absolute atomic E-state index is 3.68. The zero-order valence-electron chi connectivity index (χ0n) is 9.15. The van der Waals surface area contributed by atoms with Gasteiger partial charge < -0.3 is 10.2 Å². The first-order valence-electron chi connectivity index (χ1n) is 5.87. The average molecular weight is 222 g/mol. The maximum atomic E-state index is 3.68. The average Bonchev–Trinajstić information content (AvgIpc) is 2.95. The lowest BCUT2D eigenvalue weighted by atomic mass is 10.1. The van der Waals surface area contributed by atoms with Gasteiger partial charge in [0.2, 0.25) is 0 Å². The molecule has 2 nitrogen and oxygen atoms in total. The highest BCUT2D eigenvalue weighted by atomic mass is 32.1. The molecule has 2 fully saturated rings. The summed E-state index contributed by atoms with van der Waals surface area (Å²) >= 11 is 1.80. The van der Waals surface area contributed by atoms with Crippen molar-refractivity contribution in [3.8, 4) is 0 Å². The molecule has 0 bridgehead atoms. The zero-order valence-corrected chi connectivity index (χ0v) is 9.96.